The van der Waals surface area contributed by atoms with Crippen molar-refractivity contribution in [2.24, 2.45) is 0 Å². The van der Waals surface area contributed by atoms with Crippen molar-refractivity contribution < 1.29 is 4.79 Å². The van der Waals surface area contributed by atoms with Gasteiger partial charge >= 0.3 is 0 Å². The molecule has 0 aliphatic carbocycles. The molecule has 3 aromatic heterocycles. The Morgan fingerprint density at radius 3 is 2.64 bits per heavy atom. The van der Waals surface area contributed by atoms with Gasteiger partial charge in [0.05, 0.1) is 17.6 Å². The van der Waals surface area contributed by atoms with Crippen LogP contribution in [-0.4, -0.2) is 61.8 Å². The lowest BCUT2D eigenvalue weighted by molar-refractivity contribution is 0.0569. The number of amides is 1. The van der Waals surface area contributed by atoms with Gasteiger partial charge in [0.2, 0.25) is 0 Å². The van der Waals surface area contributed by atoms with Crippen LogP contribution >= 0.6 is 11.3 Å². The second-order valence-electron chi connectivity index (χ2n) is 7.01. The molecule has 0 spiro atoms. The molecule has 1 N–H and O–H groups in total. The molecule has 4 heterocycles. The fourth-order valence-electron chi connectivity index (χ4n) is 3.53. The summed E-state index contributed by atoms with van der Waals surface area (Å²) in [7, 11) is 0. The Morgan fingerprint density at radius 2 is 1.96 bits per heavy atom. The van der Waals surface area contributed by atoms with Crippen LogP contribution < -0.4 is 5.56 Å². The van der Waals surface area contributed by atoms with E-state index in [2.05, 4.69) is 19.9 Å². The topological polar surface area (TPSA) is 95.1 Å². The summed E-state index contributed by atoms with van der Waals surface area (Å²) in [5.41, 5.74) is 1.29. The summed E-state index contributed by atoms with van der Waals surface area (Å²) in [6, 6.07) is -0.0337. The van der Waals surface area contributed by atoms with Gasteiger partial charge in [0, 0.05) is 43.4 Å². The molecule has 0 radical (unpaired) electrons. The summed E-state index contributed by atoms with van der Waals surface area (Å²) in [5.74, 6) is 0.574. The Morgan fingerprint density at radius 1 is 1.21 bits per heavy atom. The van der Waals surface area contributed by atoms with E-state index in [1.807, 2.05) is 20.8 Å². The average molecular weight is 398 g/mol. The highest BCUT2D eigenvalue weighted by molar-refractivity contribution is 7.18. The standard InChI is InChI=1S/C19H22N6O2S/c1-11-13(3)28-18-15(11)17(26)22-16(23-18)12(2)24-6-8-25(9-7-24)19(27)14-10-20-4-5-21-14/h4-5,10,12H,6-9H2,1-3H3,(H,22,23,26). The molecule has 3 aromatic rings. The van der Waals surface area contributed by atoms with Crippen molar-refractivity contribution in [2.45, 2.75) is 26.8 Å². The summed E-state index contributed by atoms with van der Waals surface area (Å²) in [6.45, 7) is 8.62. The van der Waals surface area contributed by atoms with Gasteiger partial charge in [-0.15, -0.1) is 11.3 Å². The maximum atomic E-state index is 12.5. The monoisotopic (exact) mass is 398 g/mol. The normalized spacial score (nSPS) is 16.5. The number of hydrogen-bond donors (Lipinski definition) is 1. The van der Waals surface area contributed by atoms with E-state index in [-0.39, 0.29) is 17.5 Å². The molecule has 1 unspecified atom stereocenters. The molecule has 146 valence electrons. The van der Waals surface area contributed by atoms with Crippen LogP contribution in [0.15, 0.2) is 23.4 Å². The zero-order valence-corrected chi connectivity index (χ0v) is 16.9. The van der Waals surface area contributed by atoms with Crippen LogP contribution in [0.4, 0.5) is 0 Å². The molecule has 0 bridgehead atoms. The lowest BCUT2D eigenvalue weighted by atomic mass is 10.2. The fraction of sp³-hybridized carbons (Fsp3) is 0.421. The van der Waals surface area contributed by atoms with Crippen molar-refractivity contribution >= 4 is 27.5 Å². The number of nitrogens with zero attached hydrogens (tertiary/aromatic N) is 5. The molecule has 0 saturated carbocycles. The van der Waals surface area contributed by atoms with Crippen molar-refractivity contribution in [3.05, 3.63) is 50.9 Å². The highest BCUT2D eigenvalue weighted by atomic mass is 32.1. The minimum absolute atomic E-state index is 0.0337. The van der Waals surface area contributed by atoms with Crippen molar-refractivity contribution in [2.75, 3.05) is 26.2 Å². The third-order valence-electron chi connectivity index (χ3n) is 5.38. The number of nitrogens with one attached hydrogen (secondary N) is 1. The lowest BCUT2D eigenvalue weighted by Gasteiger charge is -2.37. The van der Waals surface area contributed by atoms with Crippen LogP contribution in [0.1, 0.15) is 39.7 Å². The number of H-pyrrole nitrogens is 1. The quantitative estimate of drug-likeness (QED) is 0.724. The molecule has 1 atom stereocenters. The lowest BCUT2D eigenvalue weighted by Crippen LogP contribution is -2.49. The second-order valence-corrected chi connectivity index (χ2v) is 8.21. The molecule has 9 heteroatoms. The van der Waals surface area contributed by atoms with E-state index in [9.17, 15) is 9.59 Å². The Labute approximate surface area is 166 Å². The first-order valence-corrected chi connectivity index (χ1v) is 10.1. The predicted octanol–water partition coefficient (Wildman–Crippen LogP) is 1.91. The number of hydrogen-bond acceptors (Lipinski definition) is 7. The number of aromatic amines is 1. The highest BCUT2D eigenvalue weighted by Gasteiger charge is 2.27. The van der Waals surface area contributed by atoms with Crippen LogP contribution in [0, 0.1) is 13.8 Å². The Bertz CT molecular complexity index is 1070. The van der Waals surface area contributed by atoms with Gasteiger partial charge in [-0.3, -0.25) is 19.5 Å². The summed E-state index contributed by atoms with van der Waals surface area (Å²) >= 11 is 1.56. The predicted molar refractivity (Wildman–Crippen MR) is 108 cm³/mol. The molecule has 1 saturated heterocycles. The highest BCUT2D eigenvalue weighted by Crippen LogP contribution is 2.27. The van der Waals surface area contributed by atoms with Crippen molar-refractivity contribution in [1.82, 2.24) is 29.7 Å². The van der Waals surface area contributed by atoms with E-state index in [0.29, 0.717) is 43.1 Å². The number of rotatable bonds is 3. The van der Waals surface area contributed by atoms with Crippen LogP contribution in [0.5, 0.6) is 0 Å². The molecule has 28 heavy (non-hydrogen) atoms. The van der Waals surface area contributed by atoms with E-state index in [1.165, 1.54) is 12.4 Å². The summed E-state index contributed by atoms with van der Waals surface area (Å²) in [5, 5.41) is 0.692. The van der Waals surface area contributed by atoms with E-state index < -0.39 is 0 Å². The van der Waals surface area contributed by atoms with Gasteiger partial charge in [-0.05, 0) is 26.3 Å². The van der Waals surface area contributed by atoms with Crippen molar-refractivity contribution in [3.8, 4) is 0 Å². The van der Waals surface area contributed by atoms with Crippen LogP contribution in [0.3, 0.4) is 0 Å². The van der Waals surface area contributed by atoms with Crippen LogP contribution in [0.25, 0.3) is 10.2 Å². The Balaban J connectivity index is 1.48. The van der Waals surface area contributed by atoms with Gasteiger partial charge < -0.3 is 9.88 Å². The Hall–Kier alpha value is -2.65. The zero-order valence-electron chi connectivity index (χ0n) is 16.1. The van der Waals surface area contributed by atoms with Crippen molar-refractivity contribution in [1.29, 1.82) is 0 Å². The molecule has 1 aliphatic heterocycles. The zero-order chi connectivity index (χ0) is 19.8. The summed E-state index contributed by atoms with van der Waals surface area (Å²) < 4.78 is 0. The van der Waals surface area contributed by atoms with Gasteiger partial charge in [0.25, 0.3) is 11.5 Å². The summed E-state index contributed by atoms with van der Waals surface area (Å²) in [4.78, 5) is 46.7. The smallest absolute Gasteiger partial charge is 0.274 e. The number of piperazine rings is 1. The van der Waals surface area contributed by atoms with E-state index in [4.69, 9.17) is 4.98 Å². The molecular formula is C19H22N6O2S. The van der Waals surface area contributed by atoms with Crippen LogP contribution in [0.2, 0.25) is 0 Å². The maximum Gasteiger partial charge on any atom is 0.274 e. The minimum atomic E-state index is -0.0992. The SMILES string of the molecule is Cc1sc2nc(C(C)N3CCN(C(=O)c4cnccn4)CC3)[nH]c(=O)c2c1C. The third-order valence-corrected chi connectivity index (χ3v) is 6.49. The van der Waals surface area contributed by atoms with E-state index in [1.54, 1.807) is 22.4 Å². The number of aromatic nitrogens is 4. The molecule has 8 nitrogen and oxygen atoms in total. The van der Waals surface area contributed by atoms with Crippen LogP contribution in [-0.2, 0) is 0 Å². The number of thiophene rings is 1. The van der Waals surface area contributed by atoms with Gasteiger partial charge in [-0.25, -0.2) is 9.97 Å². The number of aryl methyl sites for hydroxylation is 2. The second kappa shape index (κ2) is 7.40. The van der Waals surface area contributed by atoms with Gasteiger partial charge in [-0.1, -0.05) is 0 Å². The van der Waals surface area contributed by atoms with E-state index in [0.717, 1.165) is 15.3 Å². The molecule has 1 aliphatic rings. The molecule has 1 fully saturated rings. The molecule has 0 aromatic carbocycles. The van der Waals surface area contributed by atoms with Gasteiger partial charge in [0.15, 0.2) is 0 Å². The first-order valence-electron chi connectivity index (χ1n) is 9.25. The van der Waals surface area contributed by atoms with E-state index >= 15 is 0 Å². The fourth-order valence-corrected chi connectivity index (χ4v) is 4.56. The molecule has 1 amide bonds. The average Bonchev–Trinajstić information content (AvgIpc) is 3.01. The number of fused-ring (bicyclic) bond motifs is 1. The Kier molecular flexibility index (Phi) is 4.94. The molecule has 4 rings (SSSR count). The first kappa shape index (κ1) is 18.7. The summed E-state index contributed by atoms with van der Waals surface area (Å²) in [6.07, 6.45) is 4.57. The molecular weight excluding hydrogens is 376 g/mol. The number of carbonyl (C=O) groups excluding carboxylic acids is 1. The van der Waals surface area contributed by atoms with Gasteiger partial charge in [0.1, 0.15) is 16.3 Å². The first-order chi connectivity index (χ1) is 13.5. The van der Waals surface area contributed by atoms with Crippen molar-refractivity contribution in [3.63, 3.8) is 0 Å². The van der Waals surface area contributed by atoms with Gasteiger partial charge in [-0.2, -0.15) is 0 Å². The number of carbonyl (C=O) groups is 1. The largest absolute Gasteiger partial charge is 0.335 e. The maximum absolute atomic E-state index is 12.5. The third kappa shape index (κ3) is 3.31. The minimum Gasteiger partial charge on any atom is -0.335 e.